The number of amides is 2. The van der Waals surface area contributed by atoms with Crippen molar-refractivity contribution in [2.45, 2.75) is 26.4 Å². The second-order valence-electron chi connectivity index (χ2n) is 6.68. The SMILES string of the molecule is CCNC(=O)[C@H](C)N(Cc1ccccc1)C(=O)CN(c1ccccc1)S(C)(=O)=O. The summed E-state index contributed by atoms with van der Waals surface area (Å²) in [5, 5.41) is 2.72. The Labute approximate surface area is 172 Å². The molecule has 0 saturated carbocycles. The van der Waals surface area contributed by atoms with E-state index in [0.29, 0.717) is 12.2 Å². The van der Waals surface area contributed by atoms with E-state index in [4.69, 9.17) is 0 Å². The molecule has 0 bridgehead atoms. The molecule has 0 heterocycles. The molecule has 7 nitrogen and oxygen atoms in total. The van der Waals surface area contributed by atoms with Crippen LogP contribution < -0.4 is 9.62 Å². The van der Waals surface area contributed by atoms with E-state index in [9.17, 15) is 18.0 Å². The minimum Gasteiger partial charge on any atom is -0.355 e. The highest BCUT2D eigenvalue weighted by Crippen LogP contribution is 2.18. The topological polar surface area (TPSA) is 86.8 Å². The summed E-state index contributed by atoms with van der Waals surface area (Å²) in [6.45, 7) is 3.69. The largest absolute Gasteiger partial charge is 0.355 e. The van der Waals surface area contributed by atoms with Gasteiger partial charge in [0.25, 0.3) is 0 Å². The first-order chi connectivity index (χ1) is 13.7. The number of likely N-dealkylation sites (N-methyl/N-ethyl adjacent to an activating group) is 1. The van der Waals surface area contributed by atoms with E-state index < -0.39 is 22.0 Å². The van der Waals surface area contributed by atoms with Gasteiger partial charge in [-0.25, -0.2) is 8.42 Å². The molecule has 2 aromatic carbocycles. The molecule has 2 amide bonds. The van der Waals surface area contributed by atoms with Gasteiger partial charge in [-0.2, -0.15) is 0 Å². The van der Waals surface area contributed by atoms with Crippen LogP contribution in [0, 0.1) is 0 Å². The lowest BCUT2D eigenvalue weighted by Gasteiger charge is -2.31. The average molecular weight is 418 g/mol. The Balaban J connectivity index is 2.32. The molecule has 2 aromatic rings. The molecule has 0 radical (unpaired) electrons. The lowest BCUT2D eigenvalue weighted by atomic mass is 10.1. The predicted octanol–water partition coefficient (Wildman–Crippen LogP) is 2.01. The van der Waals surface area contributed by atoms with Crippen molar-refractivity contribution >= 4 is 27.5 Å². The Morgan fingerprint density at radius 3 is 2.07 bits per heavy atom. The van der Waals surface area contributed by atoms with E-state index in [1.807, 2.05) is 30.3 Å². The molecule has 29 heavy (non-hydrogen) atoms. The molecular weight excluding hydrogens is 390 g/mol. The maximum Gasteiger partial charge on any atom is 0.244 e. The molecule has 0 aliphatic rings. The summed E-state index contributed by atoms with van der Waals surface area (Å²) in [5.74, 6) is -0.746. The molecule has 0 saturated heterocycles. The van der Waals surface area contributed by atoms with Crippen molar-refractivity contribution in [2.24, 2.45) is 0 Å². The summed E-state index contributed by atoms with van der Waals surface area (Å²) in [4.78, 5) is 27.0. The highest BCUT2D eigenvalue weighted by Gasteiger charge is 2.29. The van der Waals surface area contributed by atoms with Crippen LogP contribution in [0.15, 0.2) is 60.7 Å². The van der Waals surface area contributed by atoms with Crippen LogP contribution in [0.25, 0.3) is 0 Å². The smallest absolute Gasteiger partial charge is 0.244 e. The summed E-state index contributed by atoms with van der Waals surface area (Å²) in [6.07, 6.45) is 1.06. The molecule has 2 rings (SSSR count). The van der Waals surface area contributed by atoms with Crippen LogP contribution >= 0.6 is 0 Å². The Hall–Kier alpha value is -2.87. The Bertz CT molecular complexity index is 917. The molecular formula is C21H27N3O4S. The van der Waals surface area contributed by atoms with Gasteiger partial charge in [0.05, 0.1) is 11.9 Å². The van der Waals surface area contributed by atoms with Crippen LogP contribution in [0.1, 0.15) is 19.4 Å². The van der Waals surface area contributed by atoms with Crippen molar-refractivity contribution in [2.75, 3.05) is 23.7 Å². The molecule has 1 atom stereocenters. The van der Waals surface area contributed by atoms with E-state index in [2.05, 4.69) is 5.32 Å². The van der Waals surface area contributed by atoms with E-state index in [-0.39, 0.29) is 19.0 Å². The molecule has 0 aliphatic heterocycles. The quantitative estimate of drug-likeness (QED) is 0.676. The van der Waals surface area contributed by atoms with Crippen LogP contribution in [0.3, 0.4) is 0 Å². The lowest BCUT2D eigenvalue weighted by molar-refractivity contribution is -0.139. The van der Waals surface area contributed by atoms with Gasteiger partial charge in [-0.15, -0.1) is 0 Å². The van der Waals surface area contributed by atoms with Crippen LogP contribution in [-0.4, -0.2) is 50.5 Å². The summed E-state index contributed by atoms with van der Waals surface area (Å²) < 4.78 is 25.7. The van der Waals surface area contributed by atoms with Crippen molar-refractivity contribution in [1.29, 1.82) is 0 Å². The molecule has 156 valence electrons. The van der Waals surface area contributed by atoms with Crippen molar-refractivity contribution in [3.63, 3.8) is 0 Å². The normalized spacial score (nSPS) is 12.1. The fraction of sp³-hybridized carbons (Fsp3) is 0.333. The molecule has 0 unspecified atom stereocenters. The Morgan fingerprint density at radius 2 is 1.55 bits per heavy atom. The highest BCUT2D eigenvalue weighted by molar-refractivity contribution is 7.92. The minimum atomic E-state index is -3.69. The van der Waals surface area contributed by atoms with Gasteiger partial charge in [0.15, 0.2) is 0 Å². The van der Waals surface area contributed by atoms with E-state index in [0.717, 1.165) is 16.1 Å². The minimum absolute atomic E-state index is 0.199. The number of anilines is 1. The summed E-state index contributed by atoms with van der Waals surface area (Å²) >= 11 is 0. The van der Waals surface area contributed by atoms with Crippen LogP contribution in [0.2, 0.25) is 0 Å². The number of carbonyl (C=O) groups is 2. The Kier molecular flexibility index (Phi) is 7.78. The van der Waals surface area contributed by atoms with Gasteiger partial charge in [0.2, 0.25) is 21.8 Å². The van der Waals surface area contributed by atoms with E-state index in [1.165, 1.54) is 4.90 Å². The maximum atomic E-state index is 13.2. The van der Waals surface area contributed by atoms with Gasteiger partial charge >= 0.3 is 0 Å². The first-order valence-corrected chi connectivity index (χ1v) is 11.2. The van der Waals surface area contributed by atoms with Gasteiger partial charge in [-0.3, -0.25) is 13.9 Å². The first-order valence-electron chi connectivity index (χ1n) is 9.38. The van der Waals surface area contributed by atoms with Crippen LogP contribution in [-0.2, 0) is 26.2 Å². The molecule has 8 heteroatoms. The fourth-order valence-corrected chi connectivity index (χ4v) is 3.74. The number of nitrogens with zero attached hydrogens (tertiary/aromatic N) is 2. The first kappa shape index (κ1) is 22.4. The number of hydrogen-bond acceptors (Lipinski definition) is 4. The van der Waals surface area contributed by atoms with Gasteiger partial charge in [-0.1, -0.05) is 48.5 Å². The van der Waals surface area contributed by atoms with Gasteiger partial charge in [0.1, 0.15) is 12.6 Å². The summed E-state index contributed by atoms with van der Waals surface area (Å²) in [6, 6.07) is 17.0. The van der Waals surface area contributed by atoms with Crippen molar-refractivity contribution in [3.8, 4) is 0 Å². The van der Waals surface area contributed by atoms with Crippen LogP contribution in [0.4, 0.5) is 5.69 Å². The number of hydrogen-bond donors (Lipinski definition) is 1. The third kappa shape index (κ3) is 6.32. The van der Waals surface area contributed by atoms with Gasteiger partial charge in [0, 0.05) is 13.1 Å². The molecule has 0 aliphatic carbocycles. The zero-order valence-electron chi connectivity index (χ0n) is 16.9. The summed E-state index contributed by atoms with van der Waals surface area (Å²) in [7, 11) is -3.69. The third-order valence-electron chi connectivity index (χ3n) is 4.44. The maximum absolute atomic E-state index is 13.2. The number of benzene rings is 2. The van der Waals surface area contributed by atoms with E-state index in [1.54, 1.807) is 44.2 Å². The third-order valence-corrected chi connectivity index (χ3v) is 5.58. The number of nitrogens with one attached hydrogen (secondary N) is 1. The number of para-hydroxylation sites is 1. The monoisotopic (exact) mass is 417 g/mol. The second-order valence-corrected chi connectivity index (χ2v) is 8.59. The predicted molar refractivity (Wildman–Crippen MR) is 114 cm³/mol. The zero-order chi connectivity index (χ0) is 21.4. The number of sulfonamides is 1. The second kappa shape index (κ2) is 10.1. The van der Waals surface area contributed by atoms with Crippen molar-refractivity contribution < 1.29 is 18.0 Å². The molecule has 0 aromatic heterocycles. The summed E-state index contributed by atoms with van der Waals surface area (Å²) in [5.41, 5.74) is 1.25. The number of rotatable bonds is 9. The molecule has 0 spiro atoms. The highest BCUT2D eigenvalue weighted by atomic mass is 32.2. The van der Waals surface area contributed by atoms with Gasteiger partial charge in [-0.05, 0) is 31.5 Å². The van der Waals surface area contributed by atoms with E-state index >= 15 is 0 Å². The van der Waals surface area contributed by atoms with Crippen molar-refractivity contribution in [3.05, 3.63) is 66.2 Å². The molecule has 0 fully saturated rings. The van der Waals surface area contributed by atoms with Crippen LogP contribution in [0.5, 0.6) is 0 Å². The number of carbonyl (C=O) groups excluding carboxylic acids is 2. The van der Waals surface area contributed by atoms with Crippen molar-refractivity contribution in [1.82, 2.24) is 10.2 Å². The standard InChI is InChI=1S/C21H27N3O4S/c1-4-22-21(26)17(2)23(15-18-11-7-5-8-12-18)20(25)16-24(29(3,27)28)19-13-9-6-10-14-19/h5-14,17H,4,15-16H2,1-3H3,(H,22,26)/t17-/m0/s1. The Morgan fingerprint density at radius 1 is 1.00 bits per heavy atom. The fourth-order valence-electron chi connectivity index (χ4n) is 2.89. The average Bonchev–Trinajstić information content (AvgIpc) is 2.70. The van der Waals surface area contributed by atoms with Gasteiger partial charge < -0.3 is 10.2 Å². The molecule has 1 N–H and O–H groups in total. The lowest BCUT2D eigenvalue weighted by Crippen LogP contribution is -2.51. The zero-order valence-corrected chi connectivity index (χ0v) is 17.7.